The van der Waals surface area contributed by atoms with Gasteiger partial charge in [0.25, 0.3) is 0 Å². The molecule has 0 unspecified atom stereocenters. The van der Waals surface area contributed by atoms with Crippen LogP contribution < -0.4 is 0 Å². The fourth-order valence-electron chi connectivity index (χ4n) is 1.60. The molecule has 0 radical (unpaired) electrons. The number of hydrogen-bond donors (Lipinski definition) is 2. The Balaban J connectivity index is -0.0000000907. The number of rotatable bonds is 12. The van der Waals surface area contributed by atoms with Crippen molar-refractivity contribution < 1.29 is 51.2 Å². The molecule has 0 aromatic carbocycles. The van der Waals surface area contributed by atoms with E-state index >= 15 is 0 Å². The maximum atomic E-state index is 11.2. The SMILES string of the molecule is CCCCO.CCCCO.CCO[N+]([O-])(CC)CC.CCO[N+]([O-])(CC)CC.[Ti]. The van der Waals surface area contributed by atoms with Crippen LogP contribution in [0.5, 0.6) is 0 Å². The van der Waals surface area contributed by atoms with Gasteiger partial charge < -0.3 is 20.6 Å². The van der Waals surface area contributed by atoms with Crippen molar-refractivity contribution >= 4 is 0 Å². The summed E-state index contributed by atoms with van der Waals surface area (Å²) in [6.45, 7) is 18.7. The third-order valence-corrected chi connectivity index (χ3v) is 3.68. The first-order chi connectivity index (χ1) is 13.2. The zero-order chi connectivity index (χ0) is 22.9. The van der Waals surface area contributed by atoms with Gasteiger partial charge in [0.2, 0.25) is 0 Å². The molecule has 0 bridgehead atoms. The zero-order valence-electron chi connectivity index (χ0n) is 20.4. The molecule has 0 aliphatic carbocycles. The van der Waals surface area contributed by atoms with Crippen molar-refractivity contribution in [3.05, 3.63) is 10.4 Å². The predicted molar refractivity (Wildman–Crippen MR) is 117 cm³/mol. The molecule has 0 spiro atoms. The van der Waals surface area contributed by atoms with Gasteiger partial charge in [0.05, 0.1) is 0 Å². The van der Waals surface area contributed by atoms with Crippen LogP contribution in [-0.4, -0.2) is 72.4 Å². The molecule has 9 heteroatoms. The van der Waals surface area contributed by atoms with Crippen LogP contribution in [0.15, 0.2) is 0 Å². The molecule has 0 saturated carbocycles. The summed E-state index contributed by atoms with van der Waals surface area (Å²) in [6, 6.07) is 0. The van der Waals surface area contributed by atoms with E-state index in [1.165, 1.54) is 0 Å². The van der Waals surface area contributed by atoms with E-state index in [2.05, 4.69) is 13.8 Å². The van der Waals surface area contributed by atoms with Gasteiger partial charge in [-0.15, -0.1) is 0 Å². The molecule has 180 valence electrons. The Bertz CT molecular complexity index is 239. The Labute approximate surface area is 195 Å². The summed E-state index contributed by atoms with van der Waals surface area (Å²) in [4.78, 5) is 8.78. The van der Waals surface area contributed by atoms with Crippen LogP contribution in [0.2, 0.25) is 0 Å². The molecule has 0 heterocycles. The molecule has 0 aromatic heterocycles. The molecular weight excluding hydrogens is 412 g/mol. The predicted octanol–water partition coefficient (Wildman–Crippen LogP) is 4.14. The van der Waals surface area contributed by atoms with Gasteiger partial charge in [-0.05, 0) is 54.4 Å². The van der Waals surface area contributed by atoms with Crippen molar-refractivity contribution in [2.75, 3.05) is 52.6 Å². The summed E-state index contributed by atoms with van der Waals surface area (Å²) < 4.78 is 0. The molecule has 0 saturated heterocycles. The van der Waals surface area contributed by atoms with Crippen molar-refractivity contribution in [3.63, 3.8) is 0 Å². The van der Waals surface area contributed by atoms with E-state index in [0.29, 0.717) is 52.6 Å². The molecule has 0 aliphatic rings. The fraction of sp³-hybridized carbons (Fsp3) is 1.00. The van der Waals surface area contributed by atoms with Crippen LogP contribution >= 0.6 is 0 Å². The Morgan fingerprint density at radius 2 is 0.828 bits per heavy atom. The third-order valence-electron chi connectivity index (χ3n) is 3.68. The van der Waals surface area contributed by atoms with Gasteiger partial charge in [-0.3, -0.25) is 0 Å². The smallest absolute Gasteiger partial charge is 0.106 e. The van der Waals surface area contributed by atoms with E-state index in [9.17, 15) is 10.4 Å². The first-order valence-corrected chi connectivity index (χ1v) is 10.9. The molecule has 29 heavy (non-hydrogen) atoms. The molecule has 8 nitrogen and oxygen atoms in total. The van der Waals surface area contributed by atoms with Crippen LogP contribution in [0.4, 0.5) is 0 Å². The van der Waals surface area contributed by atoms with Crippen molar-refractivity contribution in [1.29, 1.82) is 0 Å². The van der Waals surface area contributed by atoms with Crippen LogP contribution in [0, 0.1) is 10.4 Å². The van der Waals surface area contributed by atoms with Gasteiger partial charge in [-0.25, -0.2) is 19.3 Å². The van der Waals surface area contributed by atoms with E-state index in [-0.39, 0.29) is 21.7 Å². The Kier molecular flexibility index (Phi) is 42.0. The quantitative estimate of drug-likeness (QED) is 0.257. The van der Waals surface area contributed by atoms with E-state index in [0.717, 1.165) is 25.7 Å². The Morgan fingerprint density at radius 1 is 0.586 bits per heavy atom. The number of hydroxylamine groups is 8. The van der Waals surface area contributed by atoms with Gasteiger partial charge in [0, 0.05) is 34.9 Å². The summed E-state index contributed by atoms with van der Waals surface area (Å²) >= 11 is 0. The molecule has 0 amide bonds. The number of hydrogen-bond acceptors (Lipinski definition) is 6. The van der Waals surface area contributed by atoms with E-state index in [1.54, 1.807) is 0 Å². The second kappa shape index (κ2) is 30.6. The molecule has 0 fully saturated rings. The Morgan fingerprint density at radius 3 is 0.862 bits per heavy atom. The van der Waals surface area contributed by atoms with E-state index in [1.807, 2.05) is 41.5 Å². The number of aliphatic hydroxyl groups is 2. The van der Waals surface area contributed by atoms with Crippen molar-refractivity contribution in [1.82, 2.24) is 0 Å². The van der Waals surface area contributed by atoms with Crippen LogP contribution in [0.25, 0.3) is 0 Å². The third kappa shape index (κ3) is 33.2. The summed E-state index contributed by atoms with van der Waals surface area (Å²) in [7, 11) is 0. The van der Waals surface area contributed by atoms with Gasteiger partial charge in [-0.2, -0.15) is 0 Å². The topological polar surface area (TPSA) is 105 Å². The van der Waals surface area contributed by atoms with Crippen LogP contribution in [-0.2, 0) is 31.4 Å². The molecule has 0 atom stereocenters. The molecular formula is C20H50N2O6Ti. The van der Waals surface area contributed by atoms with Gasteiger partial charge in [-0.1, -0.05) is 26.7 Å². The average Bonchev–Trinajstić information content (AvgIpc) is 2.71. The summed E-state index contributed by atoms with van der Waals surface area (Å²) in [5.41, 5.74) is 0. The molecule has 0 rings (SSSR count). The van der Waals surface area contributed by atoms with Crippen LogP contribution in [0.1, 0.15) is 81.1 Å². The number of quaternary nitrogens is 2. The summed E-state index contributed by atoms with van der Waals surface area (Å²) in [5.74, 6) is 0. The van der Waals surface area contributed by atoms with Crippen LogP contribution in [0.3, 0.4) is 0 Å². The minimum atomic E-state index is -0.517. The normalized spacial score (nSPS) is 10.3. The summed E-state index contributed by atoms with van der Waals surface area (Å²) in [5, 5.41) is 38.4. The minimum absolute atomic E-state index is 0. The second-order valence-corrected chi connectivity index (χ2v) is 5.88. The van der Waals surface area contributed by atoms with Crippen molar-refractivity contribution in [2.24, 2.45) is 0 Å². The largest absolute Gasteiger partial charge is 0.598 e. The van der Waals surface area contributed by atoms with Crippen molar-refractivity contribution in [3.8, 4) is 0 Å². The first-order valence-electron chi connectivity index (χ1n) is 10.9. The van der Waals surface area contributed by atoms with Gasteiger partial charge in [0.15, 0.2) is 0 Å². The van der Waals surface area contributed by atoms with E-state index < -0.39 is 9.62 Å². The number of unbranched alkanes of at least 4 members (excludes halogenated alkanes) is 2. The van der Waals surface area contributed by atoms with E-state index in [4.69, 9.17) is 19.9 Å². The van der Waals surface area contributed by atoms with Crippen molar-refractivity contribution in [2.45, 2.75) is 81.1 Å². The average molecular weight is 462 g/mol. The zero-order valence-corrected chi connectivity index (χ0v) is 22.0. The second-order valence-electron chi connectivity index (χ2n) is 5.88. The standard InChI is InChI=1S/2C6H15NO2.2C4H10O.Ti/c2*1-4-7(8,5-2)9-6-3;2*1-2-3-4-5;/h2*4-6H2,1-3H3;2*5H,2-4H2,1H3;. The maximum absolute atomic E-state index is 11.2. The minimum Gasteiger partial charge on any atom is -0.598 e. The number of aliphatic hydroxyl groups excluding tert-OH is 2. The monoisotopic (exact) mass is 462 g/mol. The summed E-state index contributed by atoms with van der Waals surface area (Å²) in [6.07, 6.45) is 4.08. The molecule has 2 N–H and O–H groups in total. The Hall–Kier alpha value is 0.394. The van der Waals surface area contributed by atoms with Gasteiger partial charge in [0.1, 0.15) is 39.4 Å². The first kappa shape index (κ1) is 39.8. The molecule has 0 aromatic rings. The van der Waals surface area contributed by atoms with Gasteiger partial charge >= 0.3 is 0 Å². The maximum Gasteiger partial charge on any atom is 0.106 e. The number of nitrogens with zero attached hydrogens (tertiary/aromatic N) is 2. The fourth-order valence-corrected chi connectivity index (χ4v) is 1.60. The molecule has 0 aliphatic heterocycles.